The van der Waals surface area contributed by atoms with Crippen molar-refractivity contribution in [1.29, 1.82) is 0 Å². The van der Waals surface area contributed by atoms with Gasteiger partial charge in [0, 0.05) is 0 Å². The molecule has 0 aromatic heterocycles. The number of carbonyl (C=O) groups excluding carboxylic acids is 2. The Bertz CT molecular complexity index is 368. The van der Waals surface area contributed by atoms with E-state index in [0.717, 1.165) is 6.08 Å². The van der Waals surface area contributed by atoms with Gasteiger partial charge in [0.05, 0.1) is 12.8 Å². The zero-order chi connectivity index (χ0) is 12.1. The van der Waals surface area contributed by atoms with E-state index in [4.69, 9.17) is 14.6 Å². The Balaban J connectivity index is 2.37. The maximum Gasteiger partial charge on any atom is 0.309 e. The van der Waals surface area contributed by atoms with Crippen LogP contribution in [0.2, 0.25) is 0 Å². The van der Waals surface area contributed by atoms with Crippen LogP contribution in [0.4, 0.5) is 0 Å². The third-order valence-electron chi connectivity index (χ3n) is 1.82. The summed E-state index contributed by atoms with van der Waals surface area (Å²) < 4.78 is 9.43. The molecule has 6 nitrogen and oxygen atoms in total. The molecule has 0 aromatic carbocycles. The first-order chi connectivity index (χ1) is 7.54. The molecule has 0 spiro atoms. The summed E-state index contributed by atoms with van der Waals surface area (Å²) in [5.74, 6) is -2.21. The van der Waals surface area contributed by atoms with Gasteiger partial charge in [0.2, 0.25) is 0 Å². The van der Waals surface area contributed by atoms with Crippen LogP contribution < -0.4 is 0 Å². The molecule has 86 valence electrons. The van der Waals surface area contributed by atoms with Crippen molar-refractivity contribution < 1.29 is 29.0 Å². The molecule has 0 aromatic rings. The smallest absolute Gasteiger partial charge is 0.309 e. The number of carbonyl (C=O) groups is 3. The predicted molar refractivity (Wildman–Crippen MR) is 51.1 cm³/mol. The molecule has 0 amide bonds. The van der Waals surface area contributed by atoms with Crippen LogP contribution >= 0.6 is 0 Å². The molecule has 0 saturated heterocycles. The molecule has 1 N–H and O–H groups in total. The fourth-order valence-corrected chi connectivity index (χ4v) is 0.962. The average molecular weight is 226 g/mol. The van der Waals surface area contributed by atoms with Gasteiger partial charge in [-0.1, -0.05) is 6.58 Å². The normalized spacial score (nSPS) is 17.5. The fourth-order valence-electron chi connectivity index (χ4n) is 0.962. The predicted octanol–water partition coefficient (Wildman–Crippen LogP) is 0.390. The van der Waals surface area contributed by atoms with Crippen molar-refractivity contribution in [2.45, 2.75) is 19.1 Å². The Kier molecular flexibility index (Phi) is 3.82. The molecule has 1 atom stereocenters. The lowest BCUT2D eigenvalue weighted by Crippen LogP contribution is -2.32. The minimum Gasteiger partial charge on any atom is -0.481 e. The Morgan fingerprint density at radius 1 is 1.50 bits per heavy atom. The SMILES string of the molecule is C=CC(=O)C1=COC1OC(=O)CCC(=O)O. The third-order valence-corrected chi connectivity index (χ3v) is 1.82. The molecular weight excluding hydrogens is 216 g/mol. The molecule has 0 fully saturated rings. The van der Waals surface area contributed by atoms with Crippen LogP contribution in [0, 0.1) is 0 Å². The van der Waals surface area contributed by atoms with Gasteiger partial charge in [-0.05, 0) is 6.08 Å². The lowest BCUT2D eigenvalue weighted by Gasteiger charge is -2.25. The molecule has 1 heterocycles. The van der Waals surface area contributed by atoms with Crippen molar-refractivity contribution in [3.8, 4) is 0 Å². The fraction of sp³-hybridized carbons (Fsp3) is 0.300. The number of rotatable bonds is 6. The summed E-state index contributed by atoms with van der Waals surface area (Å²) in [6, 6.07) is 0. The molecule has 6 heteroatoms. The monoisotopic (exact) mass is 226 g/mol. The molecule has 0 radical (unpaired) electrons. The minimum atomic E-state index is -1.09. The van der Waals surface area contributed by atoms with E-state index >= 15 is 0 Å². The maximum absolute atomic E-state index is 11.1. The highest BCUT2D eigenvalue weighted by atomic mass is 16.7. The first-order valence-corrected chi connectivity index (χ1v) is 4.48. The highest BCUT2D eigenvalue weighted by Crippen LogP contribution is 2.21. The number of carboxylic acids is 1. The van der Waals surface area contributed by atoms with Crippen molar-refractivity contribution in [3.05, 3.63) is 24.5 Å². The van der Waals surface area contributed by atoms with Gasteiger partial charge in [0.1, 0.15) is 11.8 Å². The average Bonchev–Trinajstić information content (AvgIpc) is 2.21. The zero-order valence-electron chi connectivity index (χ0n) is 8.34. The second kappa shape index (κ2) is 5.11. The van der Waals surface area contributed by atoms with E-state index in [1.54, 1.807) is 0 Å². The van der Waals surface area contributed by atoms with Gasteiger partial charge in [-0.25, -0.2) is 0 Å². The van der Waals surface area contributed by atoms with Crippen molar-refractivity contribution in [2.24, 2.45) is 0 Å². The van der Waals surface area contributed by atoms with Gasteiger partial charge in [0.25, 0.3) is 6.29 Å². The van der Waals surface area contributed by atoms with Crippen LogP contribution in [0.1, 0.15) is 12.8 Å². The van der Waals surface area contributed by atoms with Gasteiger partial charge < -0.3 is 14.6 Å². The Morgan fingerprint density at radius 2 is 2.19 bits per heavy atom. The number of esters is 1. The van der Waals surface area contributed by atoms with Crippen LogP contribution in [0.15, 0.2) is 24.5 Å². The van der Waals surface area contributed by atoms with E-state index in [-0.39, 0.29) is 24.2 Å². The number of ether oxygens (including phenoxy) is 2. The lowest BCUT2D eigenvalue weighted by atomic mass is 10.1. The Labute approximate surface area is 91.1 Å². The standard InChI is InChI=1S/C10H10O6/c1-2-7(11)6-5-15-10(6)16-9(14)4-3-8(12)13/h2,5,10H,1,3-4H2,(H,12,13). The van der Waals surface area contributed by atoms with Gasteiger partial charge in [-0.15, -0.1) is 0 Å². The highest BCUT2D eigenvalue weighted by Gasteiger charge is 2.31. The van der Waals surface area contributed by atoms with E-state index in [1.807, 2.05) is 0 Å². The Hall–Kier alpha value is -2.11. The van der Waals surface area contributed by atoms with Crippen LogP contribution in [0.5, 0.6) is 0 Å². The van der Waals surface area contributed by atoms with Crippen molar-refractivity contribution in [1.82, 2.24) is 0 Å². The van der Waals surface area contributed by atoms with Gasteiger partial charge in [-0.2, -0.15) is 0 Å². The minimum absolute atomic E-state index is 0.193. The molecule has 0 saturated carbocycles. The molecule has 0 bridgehead atoms. The summed E-state index contributed by atoms with van der Waals surface area (Å²) >= 11 is 0. The summed E-state index contributed by atoms with van der Waals surface area (Å²) in [7, 11) is 0. The number of allylic oxidation sites excluding steroid dienone is 1. The summed E-state index contributed by atoms with van der Waals surface area (Å²) in [6.45, 7) is 3.27. The number of carboxylic acid groups (broad SMARTS) is 1. The van der Waals surface area contributed by atoms with E-state index in [9.17, 15) is 14.4 Å². The van der Waals surface area contributed by atoms with Crippen LogP contribution in [-0.4, -0.2) is 29.1 Å². The highest BCUT2D eigenvalue weighted by molar-refractivity contribution is 6.04. The first kappa shape index (κ1) is 12.0. The Morgan fingerprint density at radius 3 is 2.62 bits per heavy atom. The maximum atomic E-state index is 11.1. The molecule has 0 aliphatic carbocycles. The molecule has 16 heavy (non-hydrogen) atoms. The summed E-state index contributed by atoms with van der Waals surface area (Å²) in [5, 5.41) is 8.33. The number of aliphatic carboxylic acids is 1. The largest absolute Gasteiger partial charge is 0.481 e. The molecule has 1 aliphatic heterocycles. The second-order valence-corrected chi connectivity index (χ2v) is 2.99. The molecule has 1 rings (SSSR count). The van der Waals surface area contributed by atoms with E-state index in [2.05, 4.69) is 6.58 Å². The second-order valence-electron chi connectivity index (χ2n) is 2.99. The van der Waals surface area contributed by atoms with Crippen LogP contribution in [-0.2, 0) is 23.9 Å². The number of hydrogen-bond acceptors (Lipinski definition) is 5. The molecule has 1 aliphatic rings. The van der Waals surface area contributed by atoms with Gasteiger partial charge >= 0.3 is 11.9 Å². The first-order valence-electron chi connectivity index (χ1n) is 4.48. The van der Waals surface area contributed by atoms with Crippen molar-refractivity contribution in [2.75, 3.05) is 0 Å². The zero-order valence-corrected chi connectivity index (χ0v) is 8.34. The quantitative estimate of drug-likeness (QED) is 0.520. The van der Waals surface area contributed by atoms with E-state index in [0.29, 0.717) is 0 Å². The lowest BCUT2D eigenvalue weighted by molar-refractivity contribution is -0.172. The third kappa shape index (κ3) is 2.94. The number of ketones is 1. The summed E-state index contributed by atoms with van der Waals surface area (Å²) in [6.07, 6.45) is 0.628. The van der Waals surface area contributed by atoms with Gasteiger partial charge in [0.15, 0.2) is 5.78 Å². The van der Waals surface area contributed by atoms with E-state index in [1.165, 1.54) is 6.26 Å². The topological polar surface area (TPSA) is 89.9 Å². The van der Waals surface area contributed by atoms with Crippen LogP contribution in [0.3, 0.4) is 0 Å². The molecule has 1 unspecified atom stereocenters. The van der Waals surface area contributed by atoms with Gasteiger partial charge in [-0.3, -0.25) is 14.4 Å². The summed E-state index contributed by atoms with van der Waals surface area (Å²) in [5.41, 5.74) is 0.193. The number of hydrogen-bond donors (Lipinski definition) is 1. The summed E-state index contributed by atoms with van der Waals surface area (Å²) in [4.78, 5) is 32.4. The van der Waals surface area contributed by atoms with E-state index < -0.39 is 18.2 Å². The molecular formula is C10H10O6. The van der Waals surface area contributed by atoms with Crippen molar-refractivity contribution >= 4 is 17.7 Å². The van der Waals surface area contributed by atoms with Crippen LogP contribution in [0.25, 0.3) is 0 Å². The van der Waals surface area contributed by atoms with Crippen molar-refractivity contribution in [3.63, 3.8) is 0 Å².